The Morgan fingerprint density at radius 1 is 0.967 bits per heavy atom. The Morgan fingerprint density at radius 2 is 1.67 bits per heavy atom. The summed E-state index contributed by atoms with van der Waals surface area (Å²) in [5, 5.41) is 3.06. The molecule has 5 heteroatoms. The van der Waals surface area contributed by atoms with Crippen molar-refractivity contribution >= 4 is 17.7 Å². The van der Waals surface area contributed by atoms with Gasteiger partial charge in [0.05, 0.1) is 6.04 Å². The van der Waals surface area contributed by atoms with Gasteiger partial charge in [0.1, 0.15) is 13.2 Å². The maximum atomic E-state index is 12.7. The van der Waals surface area contributed by atoms with Crippen LogP contribution in [-0.4, -0.2) is 19.1 Å². The molecule has 3 aromatic carbocycles. The third kappa shape index (κ3) is 4.97. The second-order valence-electron chi connectivity index (χ2n) is 7.40. The van der Waals surface area contributed by atoms with Gasteiger partial charge in [-0.1, -0.05) is 35.9 Å². The SMILES string of the molecule is Cc1ccc(SCc2ccc(C(=O)NC(C)c3ccc4c(c3)OCCO4)cc2)cc1. The smallest absolute Gasteiger partial charge is 0.251 e. The number of carbonyl (C=O) groups excluding carboxylic acids is 1. The molecule has 0 saturated heterocycles. The summed E-state index contributed by atoms with van der Waals surface area (Å²) < 4.78 is 11.2. The lowest BCUT2D eigenvalue weighted by Gasteiger charge is -2.21. The molecule has 0 aromatic heterocycles. The summed E-state index contributed by atoms with van der Waals surface area (Å²) in [5.74, 6) is 2.27. The van der Waals surface area contributed by atoms with E-state index in [0.29, 0.717) is 18.8 Å². The topological polar surface area (TPSA) is 47.6 Å². The second kappa shape index (κ2) is 9.26. The first-order chi connectivity index (χ1) is 14.6. The average Bonchev–Trinajstić information content (AvgIpc) is 2.78. The predicted octanol–water partition coefficient (Wildman–Crippen LogP) is 5.55. The molecule has 30 heavy (non-hydrogen) atoms. The number of benzene rings is 3. The molecular weight excluding hydrogens is 394 g/mol. The van der Waals surface area contributed by atoms with Crippen molar-refractivity contribution in [3.8, 4) is 11.5 Å². The molecule has 1 N–H and O–H groups in total. The fourth-order valence-corrected chi connectivity index (χ4v) is 4.10. The molecule has 1 aliphatic rings. The van der Waals surface area contributed by atoms with Crippen LogP contribution < -0.4 is 14.8 Å². The molecular formula is C25H25NO3S. The van der Waals surface area contributed by atoms with Crippen LogP contribution >= 0.6 is 11.8 Å². The van der Waals surface area contributed by atoms with E-state index in [1.165, 1.54) is 16.0 Å². The number of nitrogens with one attached hydrogen (secondary N) is 1. The molecule has 0 saturated carbocycles. The second-order valence-corrected chi connectivity index (χ2v) is 8.45. The third-order valence-corrected chi connectivity index (χ3v) is 6.14. The largest absolute Gasteiger partial charge is 0.486 e. The van der Waals surface area contributed by atoms with Gasteiger partial charge in [0.25, 0.3) is 5.91 Å². The summed E-state index contributed by atoms with van der Waals surface area (Å²) in [5.41, 5.74) is 4.10. The van der Waals surface area contributed by atoms with Crippen molar-refractivity contribution in [1.82, 2.24) is 5.32 Å². The van der Waals surface area contributed by atoms with Gasteiger partial charge in [-0.05, 0) is 61.4 Å². The van der Waals surface area contributed by atoms with Crippen molar-refractivity contribution < 1.29 is 14.3 Å². The van der Waals surface area contributed by atoms with Gasteiger partial charge in [0.15, 0.2) is 11.5 Å². The maximum Gasteiger partial charge on any atom is 0.251 e. The van der Waals surface area contributed by atoms with E-state index in [1.807, 2.05) is 49.4 Å². The summed E-state index contributed by atoms with van der Waals surface area (Å²) in [4.78, 5) is 13.9. The molecule has 154 valence electrons. The van der Waals surface area contributed by atoms with Crippen molar-refractivity contribution in [2.24, 2.45) is 0 Å². The fourth-order valence-electron chi connectivity index (χ4n) is 3.25. The van der Waals surface area contributed by atoms with Gasteiger partial charge in [0, 0.05) is 16.2 Å². The number of ether oxygens (including phenoxy) is 2. The molecule has 1 aliphatic heterocycles. The van der Waals surface area contributed by atoms with Crippen LogP contribution in [0.5, 0.6) is 11.5 Å². The molecule has 3 aromatic rings. The highest BCUT2D eigenvalue weighted by Gasteiger charge is 2.16. The van der Waals surface area contributed by atoms with E-state index in [-0.39, 0.29) is 11.9 Å². The lowest BCUT2D eigenvalue weighted by atomic mass is 10.1. The van der Waals surface area contributed by atoms with Gasteiger partial charge in [-0.2, -0.15) is 0 Å². The van der Waals surface area contributed by atoms with Crippen LogP contribution in [0.3, 0.4) is 0 Å². The summed E-state index contributed by atoms with van der Waals surface area (Å²) in [7, 11) is 0. The number of thioether (sulfide) groups is 1. The number of fused-ring (bicyclic) bond motifs is 1. The molecule has 4 rings (SSSR count). The first-order valence-corrected chi connectivity index (χ1v) is 11.1. The average molecular weight is 420 g/mol. The summed E-state index contributed by atoms with van der Waals surface area (Å²) >= 11 is 1.79. The van der Waals surface area contributed by atoms with Crippen LogP contribution in [0.1, 0.15) is 40.0 Å². The Bertz CT molecular complexity index is 1020. The minimum atomic E-state index is -0.134. The molecule has 1 heterocycles. The Labute approximate surface area is 181 Å². The summed E-state index contributed by atoms with van der Waals surface area (Å²) in [6.07, 6.45) is 0. The normalized spacial score (nSPS) is 13.5. The van der Waals surface area contributed by atoms with E-state index in [2.05, 4.69) is 36.5 Å². The van der Waals surface area contributed by atoms with Crippen molar-refractivity contribution in [3.05, 3.63) is 89.0 Å². The Hall–Kier alpha value is -2.92. The van der Waals surface area contributed by atoms with Gasteiger partial charge in [0.2, 0.25) is 0 Å². The van der Waals surface area contributed by atoms with Gasteiger partial charge in [-0.3, -0.25) is 4.79 Å². The predicted molar refractivity (Wildman–Crippen MR) is 120 cm³/mol. The molecule has 0 spiro atoms. The summed E-state index contributed by atoms with van der Waals surface area (Å²) in [6, 6.07) is 22.0. The molecule has 0 radical (unpaired) electrons. The first-order valence-electron chi connectivity index (χ1n) is 10.1. The lowest BCUT2D eigenvalue weighted by molar-refractivity contribution is 0.0939. The molecule has 0 aliphatic carbocycles. The monoisotopic (exact) mass is 419 g/mol. The van der Waals surface area contributed by atoms with Crippen molar-refractivity contribution in [3.63, 3.8) is 0 Å². The van der Waals surface area contributed by atoms with E-state index in [9.17, 15) is 4.79 Å². The van der Waals surface area contributed by atoms with Gasteiger partial charge < -0.3 is 14.8 Å². The number of amides is 1. The Morgan fingerprint density at radius 3 is 2.40 bits per heavy atom. The molecule has 0 fully saturated rings. The van der Waals surface area contributed by atoms with E-state index < -0.39 is 0 Å². The van der Waals surface area contributed by atoms with E-state index in [1.54, 1.807) is 11.8 Å². The highest BCUT2D eigenvalue weighted by atomic mass is 32.2. The zero-order valence-electron chi connectivity index (χ0n) is 17.2. The van der Waals surface area contributed by atoms with Gasteiger partial charge in [-0.15, -0.1) is 11.8 Å². The minimum Gasteiger partial charge on any atom is -0.486 e. The number of aryl methyl sites for hydroxylation is 1. The maximum absolute atomic E-state index is 12.7. The van der Waals surface area contributed by atoms with Crippen molar-refractivity contribution in [2.75, 3.05) is 13.2 Å². The van der Waals surface area contributed by atoms with Crippen LogP contribution in [0.25, 0.3) is 0 Å². The minimum absolute atomic E-state index is 0.0878. The number of hydrogen-bond acceptors (Lipinski definition) is 4. The van der Waals surface area contributed by atoms with Crippen molar-refractivity contribution in [2.45, 2.75) is 30.5 Å². The van der Waals surface area contributed by atoms with Crippen LogP contribution in [0, 0.1) is 6.92 Å². The van der Waals surface area contributed by atoms with Crippen LogP contribution in [0.2, 0.25) is 0 Å². The van der Waals surface area contributed by atoms with Gasteiger partial charge in [-0.25, -0.2) is 0 Å². The van der Waals surface area contributed by atoms with Gasteiger partial charge >= 0.3 is 0 Å². The molecule has 1 atom stereocenters. The number of hydrogen-bond donors (Lipinski definition) is 1. The van der Waals surface area contributed by atoms with Crippen LogP contribution in [0.15, 0.2) is 71.6 Å². The lowest BCUT2D eigenvalue weighted by Crippen LogP contribution is -2.26. The first kappa shape index (κ1) is 20.4. The highest BCUT2D eigenvalue weighted by Crippen LogP contribution is 2.32. The fraction of sp³-hybridized carbons (Fsp3) is 0.240. The zero-order chi connectivity index (χ0) is 20.9. The standard InChI is InChI=1S/C25H25NO3S/c1-17-3-10-22(11-4-17)30-16-19-5-7-20(8-6-19)25(27)26-18(2)21-9-12-23-24(15-21)29-14-13-28-23/h3-12,15,18H,13-14,16H2,1-2H3,(H,26,27). The quantitative estimate of drug-likeness (QED) is 0.532. The van der Waals surface area contributed by atoms with Crippen molar-refractivity contribution in [1.29, 1.82) is 0 Å². The highest BCUT2D eigenvalue weighted by molar-refractivity contribution is 7.98. The summed E-state index contributed by atoms with van der Waals surface area (Å²) in [6.45, 7) is 5.17. The van der Waals surface area contributed by atoms with E-state index in [4.69, 9.17) is 9.47 Å². The molecule has 4 nitrogen and oxygen atoms in total. The van der Waals surface area contributed by atoms with E-state index >= 15 is 0 Å². The number of carbonyl (C=O) groups is 1. The zero-order valence-corrected chi connectivity index (χ0v) is 18.0. The molecule has 1 amide bonds. The van der Waals surface area contributed by atoms with Crippen LogP contribution in [-0.2, 0) is 5.75 Å². The van der Waals surface area contributed by atoms with Crippen LogP contribution in [0.4, 0.5) is 0 Å². The Balaban J connectivity index is 1.34. The number of rotatable bonds is 6. The molecule has 1 unspecified atom stereocenters. The van der Waals surface area contributed by atoms with E-state index in [0.717, 1.165) is 22.8 Å². The third-order valence-electron chi connectivity index (χ3n) is 5.06. The Kier molecular flexibility index (Phi) is 6.29. The molecule has 0 bridgehead atoms.